The van der Waals surface area contributed by atoms with Crippen molar-refractivity contribution < 1.29 is 66.3 Å². The molecule has 2 heterocycles. The van der Waals surface area contributed by atoms with Crippen LogP contribution in [0.15, 0.2) is 57.7 Å². The normalized spacial score (nSPS) is 20.4. The Morgan fingerprint density at radius 1 is 0.723 bits per heavy atom. The van der Waals surface area contributed by atoms with E-state index in [1.807, 2.05) is 6.07 Å². The van der Waals surface area contributed by atoms with Crippen LogP contribution in [0.1, 0.15) is 40.2 Å². The van der Waals surface area contributed by atoms with Gasteiger partial charge in [0.1, 0.15) is 30.7 Å². The van der Waals surface area contributed by atoms with Gasteiger partial charge >= 0.3 is 35.5 Å². The number of esters is 5. The van der Waals surface area contributed by atoms with Crippen molar-refractivity contribution in [1.29, 1.82) is 0 Å². The smallest absolute Gasteiger partial charge is 0.383 e. The number of fused-ring (bicyclic) bond motifs is 1. The Labute approximate surface area is 267 Å². The molecule has 0 amide bonds. The molecule has 0 radical (unpaired) electrons. The summed E-state index contributed by atoms with van der Waals surface area (Å²) in [5.74, 6) is -4.36. The Hall–Kier alpha value is -5.44. The zero-order valence-electron chi connectivity index (χ0n) is 26.0. The quantitative estimate of drug-likeness (QED) is 0.166. The van der Waals surface area contributed by atoms with E-state index in [-0.39, 0.29) is 29.1 Å². The molecule has 5 atom stereocenters. The monoisotopic (exact) mass is 656 g/mol. The minimum atomic E-state index is -1.53. The maximum atomic E-state index is 12.9. The summed E-state index contributed by atoms with van der Waals surface area (Å²) in [6.07, 6.45) is -7.10. The van der Waals surface area contributed by atoms with E-state index < -0.39 is 78.5 Å². The SMILES string of the molecule is CC(=O)OC[C@H]1O[C@@H](Oc2ccc3c(OCc4ccccc4)c(OC(C)=O)c(=O)oc3c2)[C@H](OC(C)=O)[C@@H](OC(C)=O)[C@H]1OC(C)=O. The van der Waals surface area contributed by atoms with Gasteiger partial charge in [-0.25, -0.2) is 4.79 Å². The van der Waals surface area contributed by atoms with E-state index in [9.17, 15) is 28.8 Å². The van der Waals surface area contributed by atoms with Gasteiger partial charge < -0.3 is 42.3 Å². The van der Waals surface area contributed by atoms with Gasteiger partial charge in [0.25, 0.3) is 5.75 Å². The highest BCUT2D eigenvalue weighted by molar-refractivity contribution is 5.87. The lowest BCUT2D eigenvalue weighted by Gasteiger charge is -2.43. The molecule has 1 aliphatic heterocycles. The molecule has 4 rings (SSSR count). The van der Waals surface area contributed by atoms with Crippen LogP contribution in [0.2, 0.25) is 0 Å². The summed E-state index contributed by atoms with van der Waals surface area (Å²) in [5.41, 5.74) is -0.288. The molecule has 250 valence electrons. The average Bonchev–Trinajstić information content (AvgIpc) is 2.98. The molecule has 0 aliphatic carbocycles. The molecule has 2 aromatic carbocycles. The third-order valence-electron chi connectivity index (χ3n) is 6.46. The number of rotatable bonds is 11. The van der Waals surface area contributed by atoms with Gasteiger partial charge in [-0.1, -0.05) is 30.3 Å². The molecule has 0 bridgehead atoms. The lowest BCUT2D eigenvalue weighted by molar-refractivity contribution is -0.288. The van der Waals surface area contributed by atoms with Gasteiger partial charge in [-0.2, -0.15) is 0 Å². The first-order chi connectivity index (χ1) is 22.3. The number of hydrogen-bond acceptors (Lipinski definition) is 15. The third-order valence-corrected chi connectivity index (χ3v) is 6.46. The Morgan fingerprint density at radius 2 is 1.36 bits per heavy atom. The van der Waals surface area contributed by atoms with Gasteiger partial charge in [-0.05, 0) is 17.7 Å². The van der Waals surface area contributed by atoms with Crippen molar-refractivity contribution in [3.05, 3.63) is 64.5 Å². The summed E-state index contributed by atoms with van der Waals surface area (Å²) in [7, 11) is 0. The second-order valence-electron chi connectivity index (χ2n) is 10.3. The molecule has 3 aromatic rings. The second kappa shape index (κ2) is 15.2. The van der Waals surface area contributed by atoms with Crippen molar-refractivity contribution in [3.8, 4) is 17.2 Å². The van der Waals surface area contributed by atoms with E-state index in [1.54, 1.807) is 24.3 Å². The van der Waals surface area contributed by atoms with Gasteiger partial charge in [-0.3, -0.25) is 24.0 Å². The van der Waals surface area contributed by atoms with Crippen molar-refractivity contribution in [3.63, 3.8) is 0 Å². The van der Waals surface area contributed by atoms with E-state index in [0.29, 0.717) is 0 Å². The van der Waals surface area contributed by atoms with Crippen LogP contribution >= 0.6 is 0 Å². The molecule has 0 spiro atoms. The molecule has 47 heavy (non-hydrogen) atoms. The summed E-state index contributed by atoms with van der Waals surface area (Å²) in [6, 6.07) is 13.2. The maximum Gasteiger partial charge on any atom is 0.383 e. The van der Waals surface area contributed by atoms with Crippen molar-refractivity contribution in [2.45, 2.75) is 71.9 Å². The highest BCUT2D eigenvalue weighted by Gasteiger charge is 2.53. The van der Waals surface area contributed by atoms with Gasteiger partial charge in [-0.15, -0.1) is 0 Å². The number of carbonyl (C=O) groups is 5. The summed E-state index contributed by atoms with van der Waals surface area (Å²) in [5, 5.41) is 0.241. The van der Waals surface area contributed by atoms with Gasteiger partial charge in [0, 0.05) is 40.7 Å². The fraction of sp³-hybridized carbons (Fsp3) is 0.375. The zero-order valence-corrected chi connectivity index (χ0v) is 26.0. The maximum absolute atomic E-state index is 12.9. The Kier molecular flexibility index (Phi) is 11.2. The Balaban J connectivity index is 1.74. The van der Waals surface area contributed by atoms with Gasteiger partial charge in [0.2, 0.25) is 12.4 Å². The number of ether oxygens (including phenoxy) is 8. The fourth-order valence-electron chi connectivity index (χ4n) is 4.73. The lowest BCUT2D eigenvalue weighted by Crippen LogP contribution is -2.63. The van der Waals surface area contributed by atoms with E-state index in [2.05, 4.69) is 0 Å². The molecule has 1 saturated heterocycles. The fourth-order valence-corrected chi connectivity index (χ4v) is 4.73. The van der Waals surface area contributed by atoms with Crippen LogP contribution in [0.25, 0.3) is 11.0 Å². The average molecular weight is 657 g/mol. The molecule has 1 aliphatic rings. The van der Waals surface area contributed by atoms with E-state index in [4.69, 9.17) is 42.3 Å². The topological polar surface area (TPSA) is 189 Å². The van der Waals surface area contributed by atoms with Crippen LogP contribution in [0.3, 0.4) is 0 Å². The molecule has 1 fully saturated rings. The van der Waals surface area contributed by atoms with Crippen LogP contribution in [0.5, 0.6) is 17.2 Å². The summed E-state index contributed by atoms with van der Waals surface area (Å²) in [6.45, 7) is 5.13. The van der Waals surface area contributed by atoms with Crippen LogP contribution in [0.4, 0.5) is 0 Å². The number of hydrogen-bond donors (Lipinski definition) is 0. The van der Waals surface area contributed by atoms with Crippen LogP contribution in [0, 0.1) is 0 Å². The van der Waals surface area contributed by atoms with E-state index in [1.165, 1.54) is 18.2 Å². The summed E-state index contributed by atoms with van der Waals surface area (Å²) >= 11 is 0. The van der Waals surface area contributed by atoms with E-state index >= 15 is 0 Å². The molecule has 0 N–H and O–H groups in total. The number of carbonyl (C=O) groups excluding carboxylic acids is 5. The zero-order chi connectivity index (χ0) is 34.2. The van der Waals surface area contributed by atoms with Crippen LogP contribution in [-0.4, -0.2) is 67.2 Å². The highest BCUT2D eigenvalue weighted by atomic mass is 16.7. The van der Waals surface area contributed by atoms with E-state index in [0.717, 1.165) is 40.2 Å². The summed E-state index contributed by atoms with van der Waals surface area (Å²) < 4.78 is 49.8. The van der Waals surface area contributed by atoms with Gasteiger partial charge in [0.15, 0.2) is 18.0 Å². The molecule has 15 nitrogen and oxygen atoms in total. The lowest BCUT2D eigenvalue weighted by atomic mass is 9.98. The molecule has 0 unspecified atom stereocenters. The van der Waals surface area contributed by atoms with Crippen molar-refractivity contribution >= 4 is 40.8 Å². The number of benzene rings is 2. The predicted octanol–water partition coefficient (Wildman–Crippen LogP) is 2.76. The minimum absolute atomic E-state index is 0.01000. The minimum Gasteiger partial charge on any atom is -0.484 e. The van der Waals surface area contributed by atoms with Crippen molar-refractivity contribution in [2.75, 3.05) is 6.61 Å². The molecule has 0 saturated carbocycles. The Morgan fingerprint density at radius 3 is 1.98 bits per heavy atom. The van der Waals surface area contributed by atoms with Crippen LogP contribution in [-0.2, 0) is 54.3 Å². The standard InChI is InChI=1S/C32H32O15/c1-16(33)39-15-25-27(41-17(2)34)28(42-18(3)35)30(44-20(5)37)32(47-25)45-22-11-12-23-24(13-22)46-31(38)29(43-19(4)36)26(23)40-14-21-9-7-6-8-10-21/h6-13,25,27-28,30,32H,14-15H2,1-5H3/t25-,27+,28+,30-,32-/m1/s1. The first kappa shape index (κ1) is 34.4. The molecule has 1 aromatic heterocycles. The largest absolute Gasteiger partial charge is 0.484 e. The summed E-state index contributed by atoms with van der Waals surface area (Å²) in [4.78, 5) is 72.5. The molecular formula is C32H32O15. The first-order valence-corrected chi connectivity index (χ1v) is 14.3. The highest BCUT2D eigenvalue weighted by Crippen LogP contribution is 2.37. The Bertz CT molecular complexity index is 1700. The van der Waals surface area contributed by atoms with Crippen LogP contribution < -0.4 is 19.8 Å². The third kappa shape index (κ3) is 9.07. The molecule has 15 heteroatoms. The molecular weight excluding hydrogens is 624 g/mol. The first-order valence-electron chi connectivity index (χ1n) is 14.3. The van der Waals surface area contributed by atoms with Crippen molar-refractivity contribution in [1.82, 2.24) is 0 Å². The predicted molar refractivity (Wildman–Crippen MR) is 157 cm³/mol. The van der Waals surface area contributed by atoms with Crippen molar-refractivity contribution in [2.24, 2.45) is 0 Å². The second-order valence-corrected chi connectivity index (χ2v) is 10.3. The van der Waals surface area contributed by atoms with Gasteiger partial charge in [0.05, 0.1) is 5.39 Å².